The van der Waals surface area contributed by atoms with Gasteiger partial charge in [0.05, 0.1) is 15.9 Å². The van der Waals surface area contributed by atoms with E-state index in [1.807, 2.05) is 6.07 Å². The molecule has 5 heterocycles. The van der Waals surface area contributed by atoms with Crippen LogP contribution in [-0.4, -0.2) is 38.2 Å². The molecular formula is C22H17FN6S. The SMILES string of the molecule is Fc1ccc(-c2nccc3[nH]c(-c4n[nH]c5ccc(C6=CCNCC6)cc45)nc23)s1. The van der Waals surface area contributed by atoms with E-state index in [9.17, 15) is 4.39 Å². The molecule has 5 aromatic rings. The summed E-state index contributed by atoms with van der Waals surface area (Å²) < 4.78 is 13.5. The number of rotatable bonds is 3. The highest BCUT2D eigenvalue weighted by Crippen LogP contribution is 2.34. The van der Waals surface area contributed by atoms with E-state index in [-0.39, 0.29) is 5.13 Å². The van der Waals surface area contributed by atoms with E-state index in [1.165, 1.54) is 17.2 Å². The maximum absolute atomic E-state index is 13.5. The number of nitrogens with zero attached hydrogens (tertiary/aromatic N) is 3. The Bertz CT molecular complexity index is 1430. The molecule has 4 aromatic heterocycles. The first-order chi connectivity index (χ1) is 14.8. The minimum atomic E-state index is -0.238. The highest BCUT2D eigenvalue weighted by molar-refractivity contribution is 7.13. The molecule has 3 N–H and O–H groups in total. The van der Waals surface area contributed by atoms with E-state index in [2.05, 4.69) is 49.8 Å². The van der Waals surface area contributed by atoms with Crippen LogP contribution >= 0.6 is 11.3 Å². The van der Waals surface area contributed by atoms with Gasteiger partial charge < -0.3 is 10.3 Å². The summed E-state index contributed by atoms with van der Waals surface area (Å²) in [4.78, 5) is 13.3. The molecule has 0 amide bonds. The molecule has 148 valence electrons. The quantitative estimate of drug-likeness (QED) is 0.397. The van der Waals surface area contributed by atoms with Gasteiger partial charge in [0, 0.05) is 18.1 Å². The average molecular weight is 416 g/mol. The first-order valence-electron chi connectivity index (χ1n) is 9.75. The van der Waals surface area contributed by atoms with Crippen LogP contribution in [0.5, 0.6) is 0 Å². The number of H-pyrrole nitrogens is 2. The van der Waals surface area contributed by atoms with E-state index in [0.29, 0.717) is 17.0 Å². The standard InChI is InChI=1S/C22H17FN6S/c23-18-4-3-17(30-18)21-20-16(7-10-25-21)26-22(27-20)19-14-11-13(1-2-15(14)28-29-19)12-5-8-24-9-6-12/h1-5,7,10-11,24H,6,8-9H2,(H,26,27)(H,28,29). The first-order valence-corrected chi connectivity index (χ1v) is 10.6. The molecule has 0 radical (unpaired) electrons. The van der Waals surface area contributed by atoms with Crippen LogP contribution in [0.4, 0.5) is 4.39 Å². The topological polar surface area (TPSA) is 82.3 Å². The minimum absolute atomic E-state index is 0.238. The summed E-state index contributed by atoms with van der Waals surface area (Å²) in [6.07, 6.45) is 4.96. The van der Waals surface area contributed by atoms with Crippen molar-refractivity contribution in [3.05, 3.63) is 59.4 Å². The number of fused-ring (bicyclic) bond motifs is 2. The Balaban J connectivity index is 1.49. The predicted octanol–water partition coefficient (Wildman–Crippen LogP) is 4.75. The molecule has 1 aliphatic heterocycles. The number of benzene rings is 1. The van der Waals surface area contributed by atoms with Crippen LogP contribution in [0.2, 0.25) is 0 Å². The Morgan fingerprint density at radius 2 is 2.00 bits per heavy atom. The van der Waals surface area contributed by atoms with Gasteiger partial charge in [0.25, 0.3) is 0 Å². The molecule has 0 fully saturated rings. The zero-order chi connectivity index (χ0) is 20.1. The van der Waals surface area contributed by atoms with Crippen molar-refractivity contribution in [2.45, 2.75) is 6.42 Å². The van der Waals surface area contributed by atoms with Gasteiger partial charge in [-0.1, -0.05) is 12.1 Å². The number of aromatic amines is 2. The summed E-state index contributed by atoms with van der Waals surface area (Å²) in [7, 11) is 0. The average Bonchev–Trinajstić information content (AvgIpc) is 3.51. The fourth-order valence-electron chi connectivity index (χ4n) is 3.95. The van der Waals surface area contributed by atoms with Gasteiger partial charge in [-0.3, -0.25) is 10.1 Å². The summed E-state index contributed by atoms with van der Waals surface area (Å²) in [5, 5.41) is 11.8. The van der Waals surface area contributed by atoms with Crippen LogP contribution in [0.25, 0.3) is 49.6 Å². The molecule has 0 aliphatic carbocycles. The maximum atomic E-state index is 13.5. The predicted molar refractivity (Wildman–Crippen MR) is 118 cm³/mol. The zero-order valence-corrected chi connectivity index (χ0v) is 16.7. The fraction of sp³-hybridized carbons (Fsp3) is 0.136. The van der Waals surface area contributed by atoms with E-state index in [4.69, 9.17) is 4.98 Å². The van der Waals surface area contributed by atoms with Gasteiger partial charge >= 0.3 is 0 Å². The molecule has 8 heteroatoms. The Morgan fingerprint density at radius 1 is 1.03 bits per heavy atom. The molecule has 0 atom stereocenters. The number of hydrogen-bond donors (Lipinski definition) is 3. The van der Waals surface area contributed by atoms with Crippen LogP contribution in [0.1, 0.15) is 12.0 Å². The van der Waals surface area contributed by atoms with Gasteiger partial charge in [-0.15, -0.1) is 11.3 Å². The lowest BCUT2D eigenvalue weighted by Crippen LogP contribution is -2.19. The highest BCUT2D eigenvalue weighted by atomic mass is 32.1. The number of hydrogen-bond acceptors (Lipinski definition) is 5. The lowest BCUT2D eigenvalue weighted by molar-refractivity contribution is 0.657. The van der Waals surface area contributed by atoms with Crippen molar-refractivity contribution in [3.8, 4) is 22.1 Å². The molecule has 0 spiro atoms. The molecule has 30 heavy (non-hydrogen) atoms. The van der Waals surface area contributed by atoms with Gasteiger partial charge in [0.2, 0.25) is 0 Å². The maximum Gasteiger partial charge on any atom is 0.177 e. The molecule has 1 aliphatic rings. The number of imidazole rings is 1. The highest BCUT2D eigenvalue weighted by Gasteiger charge is 2.17. The summed E-state index contributed by atoms with van der Waals surface area (Å²) in [6, 6.07) is 11.4. The summed E-state index contributed by atoms with van der Waals surface area (Å²) in [5.74, 6) is 0.666. The Labute approximate surface area is 174 Å². The molecule has 0 saturated carbocycles. The van der Waals surface area contributed by atoms with Crippen molar-refractivity contribution in [1.29, 1.82) is 0 Å². The lowest BCUT2D eigenvalue weighted by Gasteiger charge is -2.14. The van der Waals surface area contributed by atoms with E-state index >= 15 is 0 Å². The lowest BCUT2D eigenvalue weighted by atomic mass is 9.98. The van der Waals surface area contributed by atoms with Crippen molar-refractivity contribution in [1.82, 2.24) is 30.5 Å². The largest absolute Gasteiger partial charge is 0.336 e. The normalized spacial score (nSPS) is 14.5. The third kappa shape index (κ3) is 2.84. The van der Waals surface area contributed by atoms with Crippen molar-refractivity contribution in [2.75, 3.05) is 13.1 Å². The zero-order valence-electron chi connectivity index (χ0n) is 15.9. The number of nitrogens with one attached hydrogen (secondary N) is 3. The Hall–Kier alpha value is -3.36. The molecule has 6 nitrogen and oxygen atoms in total. The smallest absolute Gasteiger partial charge is 0.177 e. The summed E-state index contributed by atoms with van der Waals surface area (Å²) in [5.41, 5.74) is 6.50. The summed E-state index contributed by atoms with van der Waals surface area (Å²) in [6.45, 7) is 1.89. The van der Waals surface area contributed by atoms with E-state index in [0.717, 1.165) is 57.8 Å². The van der Waals surface area contributed by atoms with Crippen LogP contribution < -0.4 is 5.32 Å². The van der Waals surface area contributed by atoms with Gasteiger partial charge in [-0.2, -0.15) is 9.49 Å². The molecule has 6 rings (SSSR count). The van der Waals surface area contributed by atoms with Gasteiger partial charge in [0.15, 0.2) is 11.0 Å². The third-order valence-electron chi connectivity index (χ3n) is 5.43. The van der Waals surface area contributed by atoms with Crippen LogP contribution in [0.3, 0.4) is 0 Å². The fourth-order valence-corrected chi connectivity index (χ4v) is 4.68. The van der Waals surface area contributed by atoms with Crippen LogP contribution in [0, 0.1) is 5.13 Å². The third-order valence-corrected chi connectivity index (χ3v) is 6.31. The monoisotopic (exact) mass is 416 g/mol. The first kappa shape index (κ1) is 17.5. The second kappa shape index (κ2) is 6.86. The van der Waals surface area contributed by atoms with Gasteiger partial charge in [-0.05, 0) is 54.4 Å². The van der Waals surface area contributed by atoms with Gasteiger partial charge in [0.1, 0.15) is 16.9 Å². The molecule has 0 saturated heterocycles. The van der Waals surface area contributed by atoms with Crippen molar-refractivity contribution >= 4 is 38.8 Å². The summed E-state index contributed by atoms with van der Waals surface area (Å²) >= 11 is 1.07. The Morgan fingerprint density at radius 3 is 2.83 bits per heavy atom. The molecule has 0 bridgehead atoms. The van der Waals surface area contributed by atoms with E-state index < -0.39 is 0 Å². The second-order valence-corrected chi connectivity index (χ2v) is 8.29. The van der Waals surface area contributed by atoms with Crippen molar-refractivity contribution in [2.24, 2.45) is 0 Å². The molecular weight excluding hydrogens is 399 g/mol. The second-order valence-electron chi connectivity index (χ2n) is 7.26. The number of halogens is 1. The Kier molecular flexibility index (Phi) is 4.00. The molecule has 1 aromatic carbocycles. The van der Waals surface area contributed by atoms with Gasteiger partial charge in [-0.25, -0.2) is 4.98 Å². The number of thiophene rings is 1. The molecule has 0 unspecified atom stereocenters. The number of pyridine rings is 1. The van der Waals surface area contributed by atoms with Crippen molar-refractivity contribution < 1.29 is 4.39 Å². The van der Waals surface area contributed by atoms with Crippen molar-refractivity contribution in [3.63, 3.8) is 0 Å². The number of aromatic nitrogens is 5. The van der Waals surface area contributed by atoms with E-state index in [1.54, 1.807) is 12.3 Å². The van der Waals surface area contributed by atoms with Crippen LogP contribution in [0.15, 0.2) is 48.7 Å². The minimum Gasteiger partial charge on any atom is -0.336 e. The van der Waals surface area contributed by atoms with Crippen LogP contribution in [-0.2, 0) is 0 Å².